The molecule has 26 heavy (non-hydrogen) atoms. The Balaban J connectivity index is 1.64. The molecule has 0 radical (unpaired) electrons. The molecular formula is C18H24N6O2. The fourth-order valence-electron chi connectivity index (χ4n) is 2.84. The van der Waals surface area contributed by atoms with Crippen molar-refractivity contribution < 1.29 is 4.74 Å². The Morgan fingerprint density at radius 2 is 2.19 bits per heavy atom. The zero-order chi connectivity index (χ0) is 18.8. The van der Waals surface area contributed by atoms with E-state index < -0.39 is 0 Å². The van der Waals surface area contributed by atoms with Gasteiger partial charge in [-0.15, -0.1) is 5.10 Å². The van der Waals surface area contributed by atoms with E-state index in [0.29, 0.717) is 36.3 Å². The van der Waals surface area contributed by atoms with Gasteiger partial charge in [0, 0.05) is 43.4 Å². The second-order valence-corrected chi connectivity index (χ2v) is 6.65. The molecule has 0 aliphatic heterocycles. The van der Waals surface area contributed by atoms with Gasteiger partial charge in [-0.2, -0.15) is 5.10 Å². The summed E-state index contributed by atoms with van der Waals surface area (Å²) in [5.41, 5.74) is 2.67. The molecular weight excluding hydrogens is 332 g/mol. The molecule has 0 aromatic carbocycles. The SMILES string of the molecule is C=CC(=N)C1CC1COc1cc(NCc2cc(C)n(C)n2)c(=O)n(C)n1. The molecule has 0 amide bonds. The summed E-state index contributed by atoms with van der Waals surface area (Å²) in [7, 11) is 3.48. The van der Waals surface area contributed by atoms with Crippen LogP contribution >= 0.6 is 0 Å². The van der Waals surface area contributed by atoms with Crippen molar-refractivity contribution in [1.82, 2.24) is 19.6 Å². The zero-order valence-electron chi connectivity index (χ0n) is 15.3. The molecule has 0 spiro atoms. The van der Waals surface area contributed by atoms with E-state index in [9.17, 15) is 4.79 Å². The molecule has 2 aromatic heterocycles. The summed E-state index contributed by atoms with van der Waals surface area (Å²) in [6, 6.07) is 3.59. The summed E-state index contributed by atoms with van der Waals surface area (Å²) in [6.45, 7) is 6.53. The highest BCUT2D eigenvalue weighted by Crippen LogP contribution is 2.39. The standard InChI is InChI=1S/C18H24N6O2/c1-5-15(19)14-7-12(14)10-26-17-8-16(18(25)24(4)22-17)20-9-13-6-11(2)23(3)21-13/h5-6,8,12,14,19-20H,1,7,9-10H2,2-4H3. The number of aromatic nitrogens is 4. The second kappa shape index (κ2) is 7.15. The maximum atomic E-state index is 12.3. The summed E-state index contributed by atoms with van der Waals surface area (Å²) < 4.78 is 8.80. The average Bonchev–Trinajstić information content (AvgIpc) is 3.32. The lowest BCUT2D eigenvalue weighted by molar-refractivity contribution is 0.278. The third-order valence-electron chi connectivity index (χ3n) is 4.65. The molecule has 1 fully saturated rings. The van der Waals surface area contributed by atoms with Gasteiger partial charge >= 0.3 is 0 Å². The number of anilines is 1. The molecule has 138 valence electrons. The minimum Gasteiger partial charge on any atom is -0.476 e. The van der Waals surface area contributed by atoms with Gasteiger partial charge in [0.2, 0.25) is 5.88 Å². The van der Waals surface area contributed by atoms with Gasteiger partial charge in [0.15, 0.2) is 0 Å². The van der Waals surface area contributed by atoms with Gasteiger partial charge in [0.1, 0.15) is 5.69 Å². The summed E-state index contributed by atoms with van der Waals surface area (Å²) >= 11 is 0. The lowest BCUT2D eigenvalue weighted by Gasteiger charge is -2.10. The molecule has 2 N–H and O–H groups in total. The van der Waals surface area contributed by atoms with Gasteiger partial charge in [-0.3, -0.25) is 9.48 Å². The highest BCUT2D eigenvalue weighted by atomic mass is 16.5. The first-order valence-electron chi connectivity index (χ1n) is 8.54. The van der Waals surface area contributed by atoms with Crippen LogP contribution in [0.2, 0.25) is 0 Å². The fourth-order valence-corrected chi connectivity index (χ4v) is 2.84. The van der Waals surface area contributed by atoms with Crippen molar-refractivity contribution in [2.75, 3.05) is 11.9 Å². The molecule has 2 unspecified atom stereocenters. The van der Waals surface area contributed by atoms with Crippen molar-refractivity contribution in [2.24, 2.45) is 25.9 Å². The van der Waals surface area contributed by atoms with Gasteiger partial charge in [0.25, 0.3) is 5.56 Å². The molecule has 1 aliphatic rings. The highest BCUT2D eigenvalue weighted by Gasteiger charge is 2.40. The second-order valence-electron chi connectivity index (χ2n) is 6.65. The van der Waals surface area contributed by atoms with Crippen LogP contribution in [0, 0.1) is 24.2 Å². The van der Waals surface area contributed by atoms with Crippen molar-refractivity contribution in [2.45, 2.75) is 19.9 Å². The summed E-state index contributed by atoms with van der Waals surface area (Å²) in [5, 5.41) is 19.4. The number of hydrogen-bond donors (Lipinski definition) is 2. The third-order valence-corrected chi connectivity index (χ3v) is 4.65. The number of hydrogen-bond acceptors (Lipinski definition) is 6. The first kappa shape index (κ1) is 17.9. The Labute approximate surface area is 152 Å². The van der Waals surface area contributed by atoms with Crippen LogP contribution in [-0.2, 0) is 20.6 Å². The van der Waals surface area contributed by atoms with Crippen molar-refractivity contribution >= 4 is 11.4 Å². The summed E-state index contributed by atoms with van der Waals surface area (Å²) in [4.78, 5) is 12.3. The zero-order valence-corrected chi connectivity index (χ0v) is 15.3. The van der Waals surface area contributed by atoms with E-state index in [1.807, 2.05) is 20.0 Å². The largest absolute Gasteiger partial charge is 0.476 e. The topological polar surface area (TPSA) is 97.8 Å². The molecule has 1 aliphatic carbocycles. The van der Waals surface area contributed by atoms with Crippen LogP contribution in [0.1, 0.15) is 17.8 Å². The van der Waals surface area contributed by atoms with E-state index in [1.165, 1.54) is 4.68 Å². The van der Waals surface area contributed by atoms with Crippen LogP contribution < -0.4 is 15.6 Å². The Morgan fingerprint density at radius 1 is 1.42 bits per heavy atom. The van der Waals surface area contributed by atoms with Crippen LogP contribution in [0.4, 0.5) is 5.69 Å². The molecule has 8 heteroatoms. The van der Waals surface area contributed by atoms with Crippen molar-refractivity contribution in [1.29, 1.82) is 5.41 Å². The average molecular weight is 356 g/mol. The van der Waals surface area contributed by atoms with Gasteiger partial charge in [0.05, 0.1) is 18.8 Å². The third kappa shape index (κ3) is 3.84. The van der Waals surface area contributed by atoms with Crippen LogP contribution in [0.5, 0.6) is 5.88 Å². The number of rotatable bonds is 8. The maximum absolute atomic E-state index is 12.3. The molecule has 2 heterocycles. The highest BCUT2D eigenvalue weighted by molar-refractivity contribution is 5.95. The molecule has 3 rings (SSSR count). The monoisotopic (exact) mass is 356 g/mol. The van der Waals surface area contributed by atoms with E-state index in [2.05, 4.69) is 22.1 Å². The van der Waals surface area contributed by atoms with E-state index in [-0.39, 0.29) is 11.5 Å². The quantitative estimate of drug-likeness (QED) is 0.701. The van der Waals surface area contributed by atoms with Gasteiger partial charge < -0.3 is 15.5 Å². The number of aryl methyl sites for hydroxylation is 3. The fraction of sp³-hybridized carbons (Fsp3) is 0.444. The Bertz CT molecular complexity index is 878. The van der Waals surface area contributed by atoms with Gasteiger partial charge in [-0.1, -0.05) is 6.58 Å². The smallest absolute Gasteiger partial charge is 0.290 e. The molecule has 2 aromatic rings. The number of nitrogens with one attached hydrogen (secondary N) is 2. The first-order chi connectivity index (χ1) is 12.4. The van der Waals surface area contributed by atoms with E-state index in [1.54, 1.807) is 23.9 Å². The minimum atomic E-state index is -0.220. The van der Waals surface area contributed by atoms with E-state index in [4.69, 9.17) is 10.1 Å². The Morgan fingerprint density at radius 3 is 2.85 bits per heavy atom. The Hall–Kier alpha value is -2.90. The first-order valence-corrected chi connectivity index (χ1v) is 8.54. The minimum absolute atomic E-state index is 0.220. The number of ether oxygens (including phenoxy) is 1. The normalized spacial score (nSPS) is 18.4. The molecule has 1 saturated carbocycles. The maximum Gasteiger partial charge on any atom is 0.290 e. The summed E-state index contributed by atoms with van der Waals surface area (Å²) in [5.74, 6) is 0.931. The van der Waals surface area contributed by atoms with Crippen molar-refractivity contribution in [3.8, 4) is 5.88 Å². The summed E-state index contributed by atoms with van der Waals surface area (Å²) in [6.07, 6.45) is 2.51. The van der Waals surface area contributed by atoms with Crippen LogP contribution in [0.15, 0.2) is 29.6 Å². The van der Waals surface area contributed by atoms with Crippen LogP contribution in [-0.4, -0.2) is 31.9 Å². The van der Waals surface area contributed by atoms with E-state index >= 15 is 0 Å². The molecule has 0 bridgehead atoms. The predicted molar refractivity (Wildman–Crippen MR) is 99.8 cm³/mol. The number of allylic oxidation sites excluding steroid dienone is 1. The van der Waals surface area contributed by atoms with Crippen LogP contribution in [0.3, 0.4) is 0 Å². The van der Waals surface area contributed by atoms with Gasteiger partial charge in [-0.25, -0.2) is 4.68 Å². The number of nitrogens with zero attached hydrogens (tertiary/aromatic N) is 4. The molecule has 2 atom stereocenters. The van der Waals surface area contributed by atoms with Crippen LogP contribution in [0.25, 0.3) is 0 Å². The molecule has 0 saturated heterocycles. The van der Waals surface area contributed by atoms with E-state index in [0.717, 1.165) is 17.8 Å². The lowest BCUT2D eigenvalue weighted by atomic mass is 10.2. The Kier molecular flexibility index (Phi) is 4.92. The van der Waals surface area contributed by atoms with Crippen molar-refractivity contribution in [3.05, 3.63) is 46.5 Å². The predicted octanol–water partition coefficient (Wildman–Crippen LogP) is 1.65. The van der Waals surface area contributed by atoms with Crippen molar-refractivity contribution in [3.63, 3.8) is 0 Å². The lowest BCUT2D eigenvalue weighted by Crippen LogP contribution is -2.24. The molecule has 8 nitrogen and oxygen atoms in total. The van der Waals surface area contributed by atoms with Gasteiger partial charge in [-0.05, 0) is 25.5 Å².